The first-order chi connectivity index (χ1) is 15.0. The third-order valence-electron chi connectivity index (χ3n) is 5.15. The Balaban J connectivity index is 1.29. The van der Waals surface area contributed by atoms with E-state index in [2.05, 4.69) is 20.2 Å². The maximum atomic E-state index is 12.7. The van der Waals surface area contributed by atoms with Crippen molar-refractivity contribution in [3.8, 4) is 11.1 Å². The molecule has 1 saturated heterocycles. The van der Waals surface area contributed by atoms with Crippen molar-refractivity contribution in [3.63, 3.8) is 0 Å². The van der Waals surface area contributed by atoms with Gasteiger partial charge in [-0.05, 0) is 17.9 Å². The van der Waals surface area contributed by atoms with E-state index in [1.165, 1.54) is 23.1 Å². The van der Waals surface area contributed by atoms with E-state index in [0.29, 0.717) is 45.7 Å². The second kappa shape index (κ2) is 8.21. The van der Waals surface area contributed by atoms with Crippen LogP contribution in [0.4, 0.5) is 0 Å². The van der Waals surface area contributed by atoms with E-state index < -0.39 is 9.84 Å². The van der Waals surface area contributed by atoms with Crippen molar-refractivity contribution in [2.45, 2.75) is 23.8 Å². The van der Waals surface area contributed by atoms with Crippen molar-refractivity contribution in [1.82, 2.24) is 20.2 Å². The monoisotopic (exact) mass is 474 g/mol. The largest absolute Gasteiger partial charge is 0.416 e. The molecular weight excluding hydrogens is 456 g/mol. The van der Waals surface area contributed by atoms with Crippen molar-refractivity contribution >= 4 is 43.2 Å². The zero-order valence-corrected chi connectivity index (χ0v) is 18.7. The van der Waals surface area contributed by atoms with E-state index in [-0.39, 0.29) is 23.0 Å². The second-order valence-electron chi connectivity index (χ2n) is 7.43. The molecule has 160 valence electrons. The number of thioether (sulfide) groups is 1. The summed E-state index contributed by atoms with van der Waals surface area (Å²) in [6.07, 6.45) is 1.09. The molecule has 0 saturated carbocycles. The van der Waals surface area contributed by atoms with E-state index in [4.69, 9.17) is 4.42 Å². The lowest BCUT2D eigenvalue weighted by Gasteiger charge is -2.02. The van der Waals surface area contributed by atoms with Crippen molar-refractivity contribution in [3.05, 3.63) is 57.8 Å². The minimum atomic E-state index is -2.93. The Hall–Kier alpha value is -2.50. The van der Waals surface area contributed by atoms with Crippen molar-refractivity contribution in [2.75, 3.05) is 11.5 Å². The molecule has 1 atom stereocenters. The number of benzene rings is 1. The predicted molar refractivity (Wildman–Crippen MR) is 120 cm³/mol. The molecule has 4 aromatic rings. The van der Waals surface area contributed by atoms with E-state index in [1.54, 1.807) is 0 Å². The molecule has 1 aliphatic rings. The third kappa shape index (κ3) is 4.43. The van der Waals surface area contributed by atoms with Gasteiger partial charge < -0.3 is 9.40 Å². The van der Waals surface area contributed by atoms with Crippen molar-refractivity contribution in [2.24, 2.45) is 5.92 Å². The highest BCUT2D eigenvalue weighted by atomic mass is 32.2. The normalized spacial score (nSPS) is 18.0. The molecule has 0 amide bonds. The van der Waals surface area contributed by atoms with E-state index in [9.17, 15) is 13.2 Å². The van der Waals surface area contributed by atoms with Crippen LogP contribution in [0.2, 0.25) is 0 Å². The van der Waals surface area contributed by atoms with Gasteiger partial charge >= 0.3 is 0 Å². The lowest BCUT2D eigenvalue weighted by atomic mass is 10.1. The van der Waals surface area contributed by atoms with Crippen LogP contribution in [-0.2, 0) is 22.0 Å². The molecule has 4 heterocycles. The Bertz CT molecular complexity index is 1390. The lowest BCUT2D eigenvalue weighted by molar-refractivity contribution is 0.389. The quantitative estimate of drug-likeness (QED) is 0.423. The fourth-order valence-corrected chi connectivity index (χ4v) is 7.16. The Morgan fingerprint density at radius 3 is 2.84 bits per heavy atom. The smallest absolute Gasteiger partial charge is 0.277 e. The van der Waals surface area contributed by atoms with Crippen LogP contribution >= 0.6 is 23.1 Å². The first kappa shape index (κ1) is 20.4. The van der Waals surface area contributed by atoms with E-state index in [0.717, 1.165) is 11.1 Å². The molecule has 0 aliphatic carbocycles. The average Bonchev–Trinajstić information content (AvgIpc) is 3.46. The summed E-state index contributed by atoms with van der Waals surface area (Å²) in [5, 5.41) is 11.0. The number of H-pyrrole nitrogens is 1. The van der Waals surface area contributed by atoms with Crippen LogP contribution in [-0.4, -0.2) is 40.1 Å². The molecule has 1 aliphatic heterocycles. The van der Waals surface area contributed by atoms with Gasteiger partial charge in [-0.1, -0.05) is 42.1 Å². The molecule has 1 aromatic carbocycles. The maximum absolute atomic E-state index is 12.7. The van der Waals surface area contributed by atoms with Gasteiger partial charge in [0, 0.05) is 17.4 Å². The molecule has 31 heavy (non-hydrogen) atoms. The maximum Gasteiger partial charge on any atom is 0.277 e. The van der Waals surface area contributed by atoms with Gasteiger partial charge in [0.15, 0.2) is 9.84 Å². The summed E-state index contributed by atoms with van der Waals surface area (Å²) in [6.45, 7) is 0. The molecule has 11 heteroatoms. The Kier molecular flexibility index (Phi) is 5.40. The Labute approximate surface area is 186 Å². The number of nitrogens with zero attached hydrogens (tertiary/aromatic N) is 3. The van der Waals surface area contributed by atoms with Crippen molar-refractivity contribution < 1.29 is 12.8 Å². The number of aromatic nitrogens is 4. The standard InChI is InChI=1S/C20H18N4O4S3/c25-18-17-14(13-4-2-1-3-5-13)9-29-19(17)22-15(21-18)10-30-20-24-23-16(28-20)8-12-6-7-31(26,27)11-12/h1-5,9,12H,6-8,10-11H2,(H,21,22,25)/t12-/m0/s1. The molecule has 0 radical (unpaired) electrons. The minimum Gasteiger partial charge on any atom is -0.416 e. The van der Waals surface area contributed by atoms with E-state index in [1.807, 2.05) is 35.7 Å². The van der Waals surface area contributed by atoms with Gasteiger partial charge in [0.2, 0.25) is 5.89 Å². The van der Waals surface area contributed by atoms with Crippen LogP contribution in [0, 0.1) is 5.92 Å². The number of aromatic amines is 1. The molecule has 0 spiro atoms. The molecule has 5 rings (SSSR count). The van der Waals surface area contributed by atoms with Gasteiger partial charge in [0.1, 0.15) is 10.7 Å². The third-order valence-corrected chi connectivity index (χ3v) is 8.69. The van der Waals surface area contributed by atoms with Gasteiger partial charge in [-0.25, -0.2) is 13.4 Å². The number of nitrogens with one attached hydrogen (secondary N) is 1. The number of fused-ring (bicyclic) bond motifs is 1. The van der Waals surface area contributed by atoms with Gasteiger partial charge in [0.25, 0.3) is 10.8 Å². The summed E-state index contributed by atoms with van der Waals surface area (Å²) < 4.78 is 28.8. The number of thiophene rings is 1. The van der Waals surface area contributed by atoms with Gasteiger partial charge in [-0.15, -0.1) is 21.5 Å². The highest BCUT2D eigenvalue weighted by molar-refractivity contribution is 7.98. The molecule has 3 aromatic heterocycles. The number of sulfone groups is 1. The first-order valence-electron chi connectivity index (χ1n) is 9.68. The zero-order chi connectivity index (χ0) is 21.4. The van der Waals surface area contributed by atoms with Crippen LogP contribution in [0.1, 0.15) is 18.1 Å². The average molecular weight is 475 g/mol. The predicted octanol–water partition coefficient (Wildman–Crippen LogP) is 3.30. The fourth-order valence-electron chi connectivity index (χ4n) is 3.68. The molecule has 8 nitrogen and oxygen atoms in total. The van der Waals surface area contributed by atoms with Crippen LogP contribution in [0.25, 0.3) is 21.3 Å². The molecule has 0 bridgehead atoms. The number of hydrogen-bond donors (Lipinski definition) is 1. The van der Waals surface area contributed by atoms with Crippen LogP contribution in [0.3, 0.4) is 0 Å². The van der Waals surface area contributed by atoms with Gasteiger partial charge in [0.05, 0.1) is 22.6 Å². The number of rotatable bonds is 6. The zero-order valence-electron chi connectivity index (χ0n) is 16.3. The van der Waals surface area contributed by atoms with Crippen LogP contribution < -0.4 is 5.56 Å². The second-order valence-corrected chi connectivity index (χ2v) is 11.4. The summed E-state index contributed by atoms with van der Waals surface area (Å²) in [5.74, 6) is 1.78. The molecule has 1 N–H and O–H groups in total. The summed E-state index contributed by atoms with van der Waals surface area (Å²) in [5.41, 5.74) is 1.69. The van der Waals surface area contributed by atoms with Gasteiger partial charge in [-0.3, -0.25) is 4.79 Å². The van der Waals surface area contributed by atoms with Crippen LogP contribution in [0.5, 0.6) is 0 Å². The SMILES string of the molecule is O=c1[nH]c(CSc2nnc(C[C@@H]3CCS(=O)(=O)C3)o2)nc2scc(-c3ccccc3)c12. The lowest BCUT2D eigenvalue weighted by Crippen LogP contribution is -2.10. The molecule has 0 unspecified atom stereocenters. The summed E-state index contributed by atoms with van der Waals surface area (Å²) in [6, 6.07) is 9.76. The van der Waals surface area contributed by atoms with Crippen LogP contribution in [0.15, 0.2) is 50.1 Å². The number of hydrogen-bond acceptors (Lipinski definition) is 9. The molecular formula is C20H18N4O4S3. The summed E-state index contributed by atoms with van der Waals surface area (Å²) in [4.78, 5) is 20.8. The van der Waals surface area contributed by atoms with Crippen molar-refractivity contribution in [1.29, 1.82) is 0 Å². The highest BCUT2D eigenvalue weighted by Crippen LogP contribution is 2.31. The minimum absolute atomic E-state index is 0.0290. The fraction of sp³-hybridized carbons (Fsp3) is 0.300. The Morgan fingerprint density at radius 1 is 1.23 bits per heavy atom. The topological polar surface area (TPSA) is 119 Å². The summed E-state index contributed by atoms with van der Waals surface area (Å²) >= 11 is 2.73. The first-order valence-corrected chi connectivity index (χ1v) is 13.4. The molecule has 1 fully saturated rings. The van der Waals surface area contributed by atoms with E-state index >= 15 is 0 Å². The van der Waals surface area contributed by atoms with Gasteiger partial charge in [-0.2, -0.15) is 0 Å². The summed E-state index contributed by atoms with van der Waals surface area (Å²) in [7, 11) is -2.93. The highest BCUT2D eigenvalue weighted by Gasteiger charge is 2.29. The Morgan fingerprint density at radius 2 is 2.06 bits per heavy atom.